The number of nitrogens with one attached hydrogen (secondary N) is 1. The molecule has 3 atom stereocenters. The fraction of sp³-hybridized carbons (Fsp3) is 0.611. The maximum absolute atomic E-state index is 12.0. The second-order valence-electron chi connectivity index (χ2n) is 7.24. The molecule has 1 aliphatic carbocycles. The van der Waals surface area contributed by atoms with E-state index in [-0.39, 0.29) is 23.8 Å². The molecule has 1 amide bonds. The number of hydrogen-bond acceptors (Lipinski definition) is 3. The van der Waals surface area contributed by atoms with Gasteiger partial charge in [-0.15, -0.1) is 0 Å². The summed E-state index contributed by atoms with van der Waals surface area (Å²) in [6, 6.07) is 7.84. The number of aliphatic hydroxyl groups is 2. The van der Waals surface area contributed by atoms with Crippen LogP contribution in [0.25, 0.3) is 0 Å². The molecule has 1 aliphatic rings. The summed E-state index contributed by atoms with van der Waals surface area (Å²) in [5, 5.41) is 22.7. The van der Waals surface area contributed by atoms with Gasteiger partial charge < -0.3 is 15.5 Å². The number of rotatable bonds is 4. The maximum atomic E-state index is 12.0. The van der Waals surface area contributed by atoms with Gasteiger partial charge in [0.05, 0.1) is 18.1 Å². The molecule has 4 nitrogen and oxygen atoms in total. The molecule has 4 heteroatoms. The van der Waals surface area contributed by atoms with Gasteiger partial charge in [0.2, 0.25) is 5.91 Å². The van der Waals surface area contributed by atoms with Crippen LogP contribution in [0.4, 0.5) is 0 Å². The first kappa shape index (κ1) is 17.0. The number of benzene rings is 1. The number of carbonyl (C=O) groups excluding carboxylic acids is 1. The van der Waals surface area contributed by atoms with Crippen molar-refractivity contribution < 1.29 is 15.0 Å². The van der Waals surface area contributed by atoms with E-state index in [2.05, 4.69) is 26.1 Å². The average molecular weight is 305 g/mol. The van der Waals surface area contributed by atoms with Gasteiger partial charge in [-0.05, 0) is 35.8 Å². The van der Waals surface area contributed by atoms with Crippen LogP contribution in [0.5, 0.6) is 0 Å². The van der Waals surface area contributed by atoms with Crippen LogP contribution in [0.2, 0.25) is 0 Å². The summed E-state index contributed by atoms with van der Waals surface area (Å²) in [5.41, 5.74) is 2.08. The second kappa shape index (κ2) is 6.80. The summed E-state index contributed by atoms with van der Waals surface area (Å²) in [7, 11) is 0. The highest BCUT2D eigenvalue weighted by atomic mass is 16.3. The Kier molecular flexibility index (Phi) is 5.24. The lowest BCUT2D eigenvalue weighted by molar-refractivity contribution is -0.128. The lowest BCUT2D eigenvalue weighted by Crippen LogP contribution is -2.37. The predicted octanol–water partition coefficient (Wildman–Crippen LogP) is 2.29. The molecule has 0 heterocycles. The predicted molar refractivity (Wildman–Crippen MR) is 86.5 cm³/mol. The zero-order valence-electron chi connectivity index (χ0n) is 13.7. The van der Waals surface area contributed by atoms with Gasteiger partial charge in [-0.1, -0.05) is 45.0 Å². The summed E-state index contributed by atoms with van der Waals surface area (Å²) >= 11 is 0. The molecule has 0 spiro atoms. The maximum Gasteiger partial charge on any atom is 0.225 e. The summed E-state index contributed by atoms with van der Waals surface area (Å²) in [6.45, 7) is 6.61. The van der Waals surface area contributed by atoms with E-state index < -0.39 is 12.2 Å². The third kappa shape index (κ3) is 4.08. The summed E-state index contributed by atoms with van der Waals surface area (Å²) in [5.74, 6) is -0.481. The lowest BCUT2D eigenvalue weighted by atomic mass is 9.86. The Balaban J connectivity index is 1.89. The SMILES string of the molecule is CC(C)(C)c1ccc(C(O)CNC(=O)C2CCCC2O)cc1. The minimum absolute atomic E-state index is 0.0797. The van der Waals surface area contributed by atoms with Gasteiger partial charge >= 0.3 is 0 Å². The van der Waals surface area contributed by atoms with Crippen LogP contribution in [-0.2, 0) is 10.2 Å². The Morgan fingerprint density at radius 3 is 2.41 bits per heavy atom. The topological polar surface area (TPSA) is 69.6 Å². The molecule has 0 bridgehead atoms. The molecule has 0 radical (unpaired) electrons. The van der Waals surface area contributed by atoms with E-state index in [1.807, 2.05) is 24.3 Å². The van der Waals surface area contributed by atoms with Crippen LogP contribution >= 0.6 is 0 Å². The standard InChI is InChI=1S/C18H27NO3/c1-18(2,3)13-9-7-12(8-10-13)16(21)11-19-17(22)14-5-4-6-15(14)20/h7-10,14-16,20-21H,4-6,11H2,1-3H3,(H,19,22). The van der Waals surface area contributed by atoms with Crippen molar-refractivity contribution in [3.05, 3.63) is 35.4 Å². The molecule has 3 N–H and O–H groups in total. The number of amides is 1. The quantitative estimate of drug-likeness (QED) is 0.799. The van der Waals surface area contributed by atoms with Gasteiger partial charge in [0.1, 0.15) is 0 Å². The third-order valence-corrected chi connectivity index (χ3v) is 4.45. The van der Waals surface area contributed by atoms with E-state index in [0.29, 0.717) is 6.42 Å². The molecule has 1 saturated carbocycles. The van der Waals surface area contributed by atoms with Gasteiger partial charge in [-0.2, -0.15) is 0 Å². The van der Waals surface area contributed by atoms with Crippen molar-refractivity contribution in [2.24, 2.45) is 5.92 Å². The van der Waals surface area contributed by atoms with E-state index in [0.717, 1.165) is 18.4 Å². The van der Waals surface area contributed by atoms with Crippen molar-refractivity contribution >= 4 is 5.91 Å². The highest BCUT2D eigenvalue weighted by Gasteiger charge is 2.31. The van der Waals surface area contributed by atoms with Crippen molar-refractivity contribution in [3.8, 4) is 0 Å². The molecule has 0 aromatic heterocycles. The molecule has 2 rings (SSSR count). The number of carbonyl (C=O) groups is 1. The minimum Gasteiger partial charge on any atom is -0.392 e. The molecule has 122 valence electrons. The van der Waals surface area contributed by atoms with Crippen LogP contribution in [0.1, 0.15) is 57.3 Å². The van der Waals surface area contributed by atoms with Crippen LogP contribution in [0, 0.1) is 5.92 Å². The van der Waals surface area contributed by atoms with Crippen LogP contribution in [0.15, 0.2) is 24.3 Å². The molecule has 0 aliphatic heterocycles. The second-order valence-corrected chi connectivity index (χ2v) is 7.24. The molecule has 1 aromatic rings. The first-order valence-electron chi connectivity index (χ1n) is 8.03. The van der Waals surface area contributed by atoms with Crippen molar-refractivity contribution in [2.75, 3.05) is 6.54 Å². The van der Waals surface area contributed by atoms with Crippen LogP contribution in [-0.4, -0.2) is 28.8 Å². The Bertz CT molecular complexity index is 504. The van der Waals surface area contributed by atoms with Crippen LogP contribution < -0.4 is 5.32 Å². The molecule has 22 heavy (non-hydrogen) atoms. The average Bonchev–Trinajstić information content (AvgIpc) is 2.90. The zero-order valence-corrected chi connectivity index (χ0v) is 13.7. The highest BCUT2D eigenvalue weighted by Crippen LogP contribution is 2.26. The Labute approximate surface area is 132 Å². The van der Waals surface area contributed by atoms with E-state index in [4.69, 9.17) is 0 Å². The molecule has 1 aromatic carbocycles. The third-order valence-electron chi connectivity index (χ3n) is 4.45. The fourth-order valence-electron chi connectivity index (χ4n) is 2.90. The Morgan fingerprint density at radius 1 is 1.27 bits per heavy atom. The highest BCUT2D eigenvalue weighted by molar-refractivity contribution is 5.79. The van der Waals surface area contributed by atoms with Gasteiger partial charge in [0.25, 0.3) is 0 Å². The first-order chi connectivity index (χ1) is 10.3. The summed E-state index contributed by atoms with van der Waals surface area (Å²) < 4.78 is 0. The van der Waals surface area contributed by atoms with E-state index >= 15 is 0 Å². The first-order valence-corrected chi connectivity index (χ1v) is 8.03. The fourth-order valence-corrected chi connectivity index (χ4v) is 2.90. The molecule has 1 fully saturated rings. The summed E-state index contributed by atoms with van der Waals surface area (Å²) in [4.78, 5) is 12.0. The zero-order chi connectivity index (χ0) is 16.3. The monoisotopic (exact) mass is 305 g/mol. The number of hydrogen-bond donors (Lipinski definition) is 3. The van der Waals surface area contributed by atoms with Crippen molar-refractivity contribution in [3.63, 3.8) is 0 Å². The normalized spacial score (nSPS) is 23.3. The van der Waals surface area contributed by atoms with Crippen molar-refractivity contribution in [2.45, 2.75) is 57.7 Å². The van der Waals surface area contributed by atoms with Gasteiger partial charge in [-0.25, -0.2) is 0 Å². The van der Waals surface area contributed by atoms with E-state index in [9.17, 15) is 15.0 Å². The smallest absolute Gasteiger partial charge is 0.225 e. The lowest BCUT2D eigenvalue weighted by Gasteiger charge is -2.20. The van der Waals surface area contributed by atoms with Gasteiger partial charge in [0, 0.05) is 6.54 Å². The minimum atomic E-state index is -0.725. The van der Waals surface area contributed by atoms with E-state index in [1.54, 1.807) is 0 Å². The van der Waals surface area contributed by atoms with E-state index in [1.165, 1.54) is 5.56 Å². The van der Waals surface area contributed by atoms with Crippen molar-refractivity contribution in [1.29, 1.82) is 0 Å². The van der Waals surface area contributed by atoms with Gasteiger partial charge in [-0.3, -0.25) is 4.79 Å². The Hall–Kier alpha value is -1.39. The van der Waals surface area contributed by atoms with Crippen molar-refractivity contribution in [1.82, 2.24) is 5.32 Å². The Morgan fingerprint density at radius 2 is 1.91 bits per heavy atom. The number of aliphatic hydroxyl groups excluding tert-OH is 2. The molecular formula is C18H27NO3. The molecular weight excluding hydrogens is 278 g/mol. The summed E-state index contributed by atoms with van der Waals surface area (Å²) in [6.07, 6.45) is 1.04. The molecule has 3 unspecified atom stereocenters. The largest absolute Gasteiger partial charge is 0.392 e. The molecule has 0 saturated heterocycles. The van der Waals surface area contributed by atoms with Gasteiger partial charge in [0.15, 0.2) is 0 Å². The van der Waals surface area contributed by atoms with Crippen LogP contribution in [0.3, 0.4) is 0 Å².